The van der Waals surface area contributed by atoms with E-state index >= 15 is 0 Å². The summed E-state index contributed by atoms with van der Waals surface area (Å²) in [6.07, 6.45) is 0. The van der Waals surface area contributed by atoms with Gasteiger partial charge in [0.25, 0.3) is 0 Å². The number of hydrogen-bond donors (Lipinski definition) is 1. The Morgan fingerprint density at radius 2 is 1.94 bits per heavy atom. The summed E-state index contributed by atoms with van der Waals surface area (Å²) in [5, 5.41) is 17.9. The molecule has 0 unspecified atom stereocenters. The molecule has 0 heterocycles. The van der Waals surface area contributed by atoms with Gasteiger partial charge in [0.15, 0.2) is 0 Å². The van der Waals surface area contributed by atoms with E-state index in [-0.39, 0.29) is 6.61 Å². The minimum absolute atomic E-state index is 0.0307. The summed E-state index contributed by atoms with van der Waals surface area (Å²) in [7, 11) is 0. The van der Waals surface area contributed by atoms with Crippen LogP contribution in [0.5, 0.6) is 11.5 Å². The lowest BCUT2D eigenvalue weighted by atomic mass is 10.2. The lowest BCUT2D eigenvalue weighted by molar-refractivity contribution is 0.281. The number of benzene rings is 2. The van der Waals surface area contributed by atoms with Gasteiger partial charge in [0.1, 0.15) is 17.6 Å². The molecule has 2 rings (SSSR count). The van der Waals surface area contributed by atoms with Crippen LogP contribution in [-0.2, 0) is 6.61 Å². The standard InChI is InChI=1S/C14H11NO2/c15-9-12-5-1-2-7-14(12)17-13-6-3-4-11(8-13)10-16/h1-8,16H,10H2. The number of nitriles is 1. The van der Waals surface area contributed by atoms with Crippen molar-refractivity contribution < 1.29 is 9.84 Å². The number of aliphatic hydroxyl groups excluding tert-OH is 1. The lowest BCUT2D eigenvalue weighted by Gasteiger charge is -2.07. The summed E-state index contributed by atoms with van der Waals surface area (Å²) in [6.45, 7) is -0.0307. The van der Waals surface area contributed by atoms with Crippen molar-refractivity contribution in [2.24, 2.45) is 0 Å². The second-order valence-electron chi connectivity index (χ2n) is 3.52. The summed E-state index contributed by atoms with van der Waals surface area (Å²) in [6, 6.07) is 16.2. The van der Waals surface area contributed by atoms with Crippen LogP contribution < -0.4 is 4.74 Å². The number of aliphatic hydroxyl groups is 1. The SMILES string of the molecule is N#Cc1ccccc1Oc1cccc(CO)c1. The Morgan fingerprint density at radius 3 is 2.71 bits per heavy atom. The molecule has 0 radical (unpaired) electrons. The summed E-state index contributed by atoms with van der Waals surface area (Å²) in [5.41, 5.74) is 1.26. The normalized spacial score (nSPS) is 9.65. The molecule has 0 spiro atoms. The molecule has 0 bridgehead atoms. The molecule has 0 aliphatic rings. The Morgan fingerprint density at radius 1 is 1.12 bits per heavy atom. The van der Waals surface area contributed by atoms with Crippen LogP contribution in [0.3, 0.4) is 0 Å². The van der Waals surface area contributed by atoms with Crippen molar-refractivity contribution in [1.82, 2.24) is 0 Å². The van der Waals surface area contributed by atoms with Gasteiger partial charge in [-0.1, -0.05) is 24.3 Å². The molecular formula is C14H11NO2. The fraction of sp³-hybridized carbons (Fsp3) is 0.0714. The first kappa shape index (κ1) is 11.2. The van der Waals surface area contributed by atoms with E-state index in [2.05, 4.69) is 6.07 Å². The number of ether oxygens (including phenoxy) is 1. The molecule has 2 aromatic rings. The maximum atomic E-state index is 9.02. The number of hydrogen-bond acceptors (Lipinski definition) is 3. The second kappa shape index (κ2) is 5.15. The average Bonchev–Trinajstić information content (AvgIpc) is 2.39. The summed E-state index contributed by atoms with van der Waals surface area (Å²) < 4.78 is 5.61. The molecule has 0 amide bonds. The Kier molecular flexibility index (Phi) is 3.39. The zero-order valence-electron chi connectivity index (χ0n) is 9.13. The third-order valence-electron chi connectivity index (χ3n) is 2.32. The molecule has 0 atom stereocenters. The van der Waals surface area contributed by atoms with Crippen LogP contribution in [0.1, 0.15) is 11.1 Å². The number of rotatable bonds is 3. The minimum atomic E-state index is -0.0307. The highest BCUT2D eigenvalue weighted by molar-refractivity contribution is 5.45. The molecule has 84 valence electrons. The quantitative estimate of drug-likeness (QED) is 0.873. The number of nitrogens with zero attached hydrogens (tertiary/aromatic N) is 1. The van der Waals surface area contributed by atoms with E-state index in [1.165, 1.54) is 0 Å². The fourth-order valence-corrected chi connectivity index (χ4v) is 1.48. The molecule has 3 nitrogen and oxygen atoms in total. The van der Waals surface area contributed by atoms with Gasteiger partial charge in [-0.05, 0) is 29.8 Å². The van der Waals surface area contributed by atoms with E-state index in [1.807, 2.05) is 12.1 Å². The van der Waals surface area contributed by atoms with E-state index in [0.29, 0.717) is 17.1 Å². The van der Waals surface area contributed by atoms with Gasteiger partial charge in [-0.3, -0.25) is 0 Å². The van der Waals surface area contributed by atoms with E-state index < -0.39 is 0 Å². The van der Waals surface area contributed by atoms with Crippen molar-refractivity contribution in [3.63, 3.8) is 0 Å². The fourth-order valence-electron chi connectivity index (χ4n) is 1.48. The summed E-state index contributed by atoms with van der Waals surface area (Å²) in [5.74, 6) is 1.13. The largest absolute Gasteiger partial charge is 0.456 e. The van der Waals surface area contributed by atoms with Crippen molar-refractivity contribution in [3.05, 3.63) is 59.7 Å². The van der Waals surface area contributed by atoms with Gasteiger partial charge in [-0.25, -0.2) is 0 Å². The van der Waals surface area contributed by atoms with Crippen molar-refractivity contribution >= 4 is 0 Å². The molecule has 1 N–H and O–H groups in total. The molecule has 0 fully saturated rings. The third-order valence-corrected chi connectivity index (χ3v) is 2.32. The van der Waals surface area contributed by atoms with Crippen molar-refractivity contribution in [1.29, 1.82) is 5.26 Å². The first-order valence-corrected chi connectivity index (χ1v) is 5.20. The molecule has 0 aliphatic carbocycles. The van der Waals surface area contributed by atoms with Crippen LogP contribution in [0.2, 0.25) is 0 Å². The van der Waals surface area contributed by atoms with E-state index in [4.69, 9.17) is 15.1 Å². The maximum absolute atomic E-state index is 9.02. The van der Waals surface area contributed by atoms with Crippen molar-refractivity contribution in [2.75, 3.05) is 0 Å². The topological polar surface area (TPSA) is 53.2 Å². The Hall–Kier alpha value is -2.31. The zero-order valence-corrected chi connectivity index (χ0v) is 9.13. The Bertz CT molecular complexity index is 558. The van der Waals surface area contributed by atoms with Crippen molar-refractivity contribution in [2.45, 2.75) is 6.61 Å². The van der Waals surface area contributed by atoms with Crippen LogP contribution in [0.25, 0.3) is 0 Å². The van der Waals surface area contributed by atoms with Crippen LogP contribution in [0.4, 0.5) is 0 Å². The van der Waals surface area contributed by atoms with Crippen LogP contribution in [0, 0.1) is 11.3 Å². The molecule has 0 aromatic heterocycles. The molecule has 0 saturated carbocycles. The molecular weight excluding hydrogens is 214 g/mol. The third kappa shape index (κ3) is 2.63. The van der Waals surface area contributed by atoms with Gasteiger partial charge in [0.2, 0.25) is 0 Å². The highest BCUT2D eigenvalue weighted by Crippen LogP contribution is 2.25. The molecule has 0 aliphatic heterocycles. The van der Waals surface area contributed by atoms with Gasteiger partial charge in [0, 0.05) is 0 Å². The van der Waals surface area contributed by atoms with Gasteiger partial charge in [0.05, 0.1) is 12.2 Å². The average molecular weight is 225 g/mol. The van der Waals surface area contributed by atoms with E-state index in [1.54, 1.807) is 36.4 Å². The molecule has 3 heteroatoms. The molecule has 17 heavy (non-hydrogen) atoms. The highest BCUT2D eigenvalue weighted by Gasteiger charge is 2.03. The molecule has 0 saturated heterocycles. The van der Waals surface area contributed by atoms with Crippen LogP contribution in [0.15, 0.2) is 48.5 Å². The number of para-hydroxylation sites is 1. The van der Waals surface area contributed by atoms with Gasteiger partial charge in [-0.2, -0.15) is 5.26 Å². The highest BCUT2D eigenvalue weighted by atomic mass is 16.5. The van der Waals surface area contributed by atoms with E-state index in [0.717, 1.165) is 5.56 Å². The Balaban J connectivity index is 2.28. The van der Waals surface area contributed by atoms with Crippen LogP contribution >= 0.6 is 0 Å². The predicted molar refractivity (Wildman–Crippen MR) is 63.6 cm³/mol. The van der Waals surface area contributed by atoms with Gasteiger partial charge >= 0.3 is 0 Å². The smallest absolute Gasteiger partial charge is 0.145 e. The maximum Gasteiger partial charge on any atom is 0.145 e. The molecule has 2 aromatic carbocycles. The van der Waals surface area contributed by atoms with Crippen molar-refractivity contribution in [3.8, 4) is 17.6 Å². The van der Waals surface area contributed by atoms with Gasteiger partial charge < -0.3 is 9.84 Å². The lowest BCUT2D eigenvalue weighted by Crippen LogP contribution is -1.89. The predicted octanol–water partition coefficient (Wildman–Crippen LogP) is 2.84. The van der Waals surface area contributed by atoms with Crippen LogP contribution in [-0.4, -0.2) is 5.11 Å². The summed E-state index contributed by atoms with van der Waals surface area (Å²) in [4.78, 5) is 0. The summed E-state index contributed by atoms with van der Waals surface area (Å²) >= 11 is 0. The van der Waals surface area contributed by atoms with Gasteiger partial charge in [-0.15, -0.1) is 0 Å². The van der Waals surface area contributed by atoms with E-state index in [9.17, 15) is 0 Å². The first-order valence-electron chi connectivity index (χ1n) is 5.20. The zero-order chi connectivity index (χ0) is 12.1. The second-order valence-corrected chi connectivity index (χ2v) is 3.52. The Labute approximate surface area is 99.5 Å². The minimum Gasteiger partial charge on any atom is -0.456 e. The first-order chi connectivity index (χ1) is 8.33. The monoisotopic (exact) mass is 225 g/mol.